The van der Waals surface area contributed by atoms with Crippen LogP contribution < -0.4 is 0 Å². The van der Waals surface area contributed by atoms with Gasteiger partial charge in [-0.25, -0.2) is 18.4 Å². The van der Waals surface area contributed by atoms with Crippen LogP contribution in [0.25, 0.3) is 11.0 Å². The Bertz CT molecular complexity index is 627. The number of nitrogens with zero attached hydrogens (tertiary/aromatic N) is 3. The molecule has 0 aliphatic heterocycles. The van der Waals surface area contributed by atoms with Crippen molar-refractivity contribution in [3.05, 3.63) is 23.0 Å². The highest BCUT2D eigenvalue weighted by atomic mass is 19.3. The van der Waals surface area contributed by atoms with Gasteiger partial charge in [-0.2, -0.15) is 5.10 Å². The number of pyridine rings is 1. The van der Waals surface area contributed by atoms with Crippen LogP contribution in [0.15, 0.2) is 6.07 Å². The van der Waals surface area contributed by atoms with Crippen LogP contribution in [0, 0.1) is 6.92 Å². The molecule has 2 aromatic heterocycles. The van der Waals surface area contributed by atoms with E-state index in [0.717, 1.165) is 18.5 Å². The lowest BCUT2D eigenvalue weighted by Gasteiger charge is -2.09. The molecule has 0 bridgehead atoms. The molecule has 3 rings (SSSR count). The standard InChI is InChI=1S/C14H17F2N3/c1-7(2)19-14-12(8(3)18-19)10(13(15)16)6-11(17-14)9-4-5-9/h6-7,9,13H,4-5H2,1-3H3. The summed E-state index contributed by atoms with van der Waals surface area (Å²) >= 11 is 0. The van der Waals surface area contributed by atoms with Crippen LogP contribution in [-0.2, 0) is 0 Å². The van der Waals surface area contributed by atoms with E-state index in [4.69, 9.17) is 0 Å². The van der Waals surface area contributed by atoms with Crippen molar-refractivity contribution in [2.24, 2.45) is 0 Å². The smallest absolute Gasteiger partial charge is 0.244 e. The van der Waals surface area contributed by atoms with Crippen molar-refractivity contribution >= 4 is 11.0 Å². The summed E-state index contributed by atoms with van der Waals surface area (Å²) in [6.07, 6.45) is -0.377. The van der Waals surface area contributed by atoms with Crippen molar-refractivity contribution in [3.63, 3.8) is 0 Å². The molecule has 102 valence electrons. The molecule has 19 heavy (non-hydrogen) atoms. The average Bonchev–Trinajstić information content (AvgIpc) is 3.13. The molecule has 2 aromatic rings. The molecule has 5 heteroatoms. The lowest BCUT2D eigenvalue weighted by molar-refractivity contribution is 0.153. The molecule has 3 nitrogen and oxygen atoms in total. The maximum absolute atomic E-state index is 13.3. The number of alkyl halides is 2. The molecule has 0 unspecified atom stereocenters. The molecule has 0 N–H and O–H groups in total. The molecule has 1 saturated carbocycles. The molecule has 1 fully saturated rings. The highest BCUT2D eigenvalue weighted by Crippen LogP contribution is 2.42. The van der Waals surface area contributed by atoms with Crippen LogP contribution in [0.3, 0.4) is 0 Å². The predicted octanol–water partition coefficient (Wildman–Crippen LogP) is 4.14. The Morgan fingerprint density at radius 2 is 2.00 bits per heavy atom. The molecule has 1 aliphatic rings. The fourth-order valence-corrected chi connectivity index (χ4v) is 2.49. The topological polar surface area (TPSA) is 30.7 Å². The zero-order valence-electron chi connectivity index (χ0n) is 11.3. The lowest BCUT2D eigenvalue weighted by atomic mass is 10.1. The number of aromatic nitrogens is 3. The molecule has 0 atom stereocenters. The molecule has 0 amide bonds. The van der Waals surface area contributed by atoms with Gasteiger partial charge < -0.3 is 0 Å². The van der Waals surface area contributed by atoms with Gasteiger partial charge >= 0.3 is 0 Å². The average molecular weight is 265 g/mol. The quantitative estimate of drug-likeness (QED) is 0.835. The van der Waals surface area contributed by atoms with E-state index in [0.29, 0.717) is 22.6 Å². The zero-order valence-corrected chi connectivity index (χ0v) is 11.3. The molecule has 0 radical (unpaired) electrons. The van der Waals surface area contributed by atoms with E-state index < -0.39 is 6.43 Å². The van der Waals surface area contributed by atoms with E-state index in [9.17, 15) is 8.78 Å². The second-order valence-corrected chi connectivity index (χ2v) is 5.53. The number of rotatable bonds is 3. The normalized spacial score (nSPS) is 15.9. The number of hydrogen-bond acceptors (Lipinski definition) is 2. The van der Waals surface area contributed by atoms with E-state index >= 15 is 0 Å². The Morgan fingerprint density at radius 1 is 1.32 bits per heavy atom. The van der Waals surface area contributed by atoms with Crippen LogP contribution in [0.5, 0.6) is 0 Å². The maximum atomic E-state index is 13.3. The van der Waals surface area contributed by atoms with E-state index in [-0.39, 0.29) is 11.6 Å². The Hall–Kier alpha value is -1.52. The maximum Gasteiger partial charge on any atom is 0.264 e. The molecule has 0 aromatic carbocycles. The van der Waals surface area contributed by atoms with Crippen molar-refractivity contribution in [3.8, 4) is 0 Å². The third-order valence-electron chi connectivity index (χ3n) is 3.61. The second-order valence-electron chi connectivity index (χ2n) is 5.53. The van der Waals surface area contributed by atoms with Gasteiger partial charge in [-0.05, 0) is 39.7 Å². The first-order chi connectivity index (χ1) is 8.99. The minimum Gasteiger partial charge on any atom is -0.244 e. The third-order valence-corrected chi connectivity index (χ3v) is 3.61. The van der Waals surface area contributed by atoms with Gasteiger partial charge in [0, 0.05) is 23.2 Å². The van der Waals surface area contributed by atoms with Crippen molar-refractivity contribution in [2.75, 3.05) is 0 Å². The summed E-state index contributed by atoms with van der Waals surface area (Å²) in [7, 11) is 0. The minimum atomic E-state index is -2.48. The molecule has 1 aliphatic carbocycles. The first-order valence-corrected chi connectivity index (χ1v) is 6.66. The summed E-state index contributed by atoms with van der Waals surface area (Å²) in [6.45, 7) is 5.74. The Kier molecular flexibility index (Phi) is 2.80. The lowest BCUT2D eigenvalue weighted by Crippen LogP contribution is -2.05. The summed E-state index contributed by atoms with van der Waals surface area (Å²) in [5, 5.41) is 4.90. The van der Waals surface area contributed by atoms with Gasteiger partial charge in [0.15, 0.2) is 5.65 Å². The van der Waals surface area contributed by atoms with Crippen molar-refractivity contribution < 1.29 is 8.78 Å². The van der Waals surface area contributed by atoms with E-state index in [2.05, 4.69) is 10.1 Å². The Balaban J connectivity index is 2.32. The highest BCUT2D eigenvalue weighted by Gasteiger charge is 2.29. The number of hydrogen-bond donors (Lipinski definition) is 0. The molecule has 0 saturated heterocycles. The zero-order chi connectivity index (χ0) is 13.7. The molecule has 0 spiro atoms. The van der Waals surface area contributed by atoms with Crippen LogP contribution in [-0.4, -0.2) is 14.8 Å². The van der Waals surface area contributed by atoms with Crippen LogP contribution >= 0.6 is 0 Å². The van der Waals surface area contributed by atoms with Crippen LogP contribution in [0.1, 0.15) is 62.0 Å². The van der Waals surface area contributed by atoms with Gasteiger partial charge in [0.25, 0.3) is 6.43 Å². The van der Waals surface area contributed by atoms with Crippen molar-refractivity contribution in [1.29, 1.82) is 0 Å². The highest BCUT2D eigenvalue weighted by molar-refractivity contribution is 5.83. The van der Waals surface area contributed by atoms with Gasteiger partial charge in [0.05, 0.1) is 11.1 Å². The largest absolute Gasteiger partial charge is 0.264 e. The number of fused-ring (bicyclic) bond motifs is 1. The van der Waals surface area contributed by atoms with E-state index in [1.54, 1.807) is 17.7 Å². The molecular weight excluding hydrogens is 248 g/mol. The summed E-state index contributed by atoms with van der Waals surface area (Å²) in [6, 6.07) is 1.69. The van der Waals surface area contributed by atoms with Crippen LogP contribution in [0.4, 0.5) is 8.78 Å². The monoisotopic (exact) mass is 265 g/mol. The van der Waals surface area contributed by atoms with Gasteiger partial charge in [-0.15, -0.1) is 0 Å². The summed E-state index contributed by atoms with van der Waals surface area (Å²) < 4.78 is 28.3. The second kappa shape index (κ2) is 4.25. The number of halogens is 2. The van der Waals surface area contributed by atoms with Gasteiger partial charge in [-0.1, -0.05) is 0 Å². The fraction of sp³-hybridized carbons (Fsp3) is 0.571. The van der Waals surface area contributed by atoms with Crippen molar-refractivity contribution in [1.82, 2.24) is 14.8 Å². The minimum absolute atomic E-state index is 0.0799. The molecule has 2 heterocycles. The molecular formula is C14H17F2N3. The summed E-state index contributed by atoms with van der Waals surface area (Å²) in [5.74, 6) is 0.359. The van der Waals surface area contributed by atoms with Gasteiger partial charge in [0.1, 0.15) is 0 Å². The van der Waals surface area contributed by atoms with Crippen molar-refractivity contribution in [2.45, 2.75) is 52.0 Å². The van der Waals surface area contributed by atoms with E-state index in [1.807, 2.05) is 13.8 Å². The predicted molar refractivity (Wildman–Crippen MR) is 69.6 cm³/mol. The fourth-order valence-electron chi connectivity index (χ4n) is 2.49. The first kappa shape index (κ1) is 12.5. The summed E-state index contributed by atoms with van der Waals surface area (Å²) in [4.78, 5) is 4.59. The first-order valence-electron chi connectivity index (χ1n) is 6.66. The SMILES string of the molecule is Cc1nn(C(C)C)c2nc(C3CC3)cc(C(F)F)c12. The number of aryl methyl sites for hydroxylation is 1. The van der Waals surface area contributed by atoms with E-state index in [1.165, 1.54) is 0 Å². The van der Waals surface area contributed by atoms with Gasteiger partial charge in [0.2, 0.25) is 0 Å². The third kappa shape index (κ3) is 2.01. The Morgan fingerprint density at radius 3 is 2.53 bits per heavy atom. The summed E-state index contributed by atoms with van der Waals surface area (Å²) in [5.41, 5.74) is 2.11. The van der Waals surface area contributed by atoms with Gasteiger partial charge in [-0.3, -0.25) is 0 Å². The van der Waals surface area contributed by atoms with Crippen LogP contribution in [0.2, 0.25) is 0 Å². The Labute approximate surface area is 110 Å².